The second-order valence-corrected chi connectivity index (χ2v) is 9.61. The fraction of sp³-hybridized carbons (Fsp3) is 0.481. The number of hydrogen-bond acceptors (Lipinski definition) is 7. The number of aromatic nitrogens is 3. The molecule has 2 aromatic heterocycles. The Morgan fingerprint density at radius 3 is 2.78 bits per heavy atom. The molecule has 0 bridgehead atoms. The number of nitrogens with one attached hydrogen (secondary N) is 2. The summed E-state index contributed by atoms with van der Waals surface area (Å²) in [4.78, 5) is 37.0. The first-order chi connectivity index (χ1) is 17.6. The minimum Gasteiger partial charge on any atom is -0.379 e. The zero-order valence-corrected chi connectivity index (χ0v) is 20.8. The number of ether oxygens (including phenoxy) is 1. The highest BCUT2D eigenvalue weighted by molar-refractivity contribution is 5.96. The van der Waals surface area contributed by atoms with Crippen LogP contribution in [0.3, 0.4) is 0 Å². The van der Waals surface area contributed by atoms with Crippen molar-refractivity contribution >= 4 is 28.6 Å². The number of amides is 1. The number of nitrogens with zero attached hydrogens (tertiary/aromatic N) is 4. The first kappa shape index (κ1) is 24.4. The number of benzene rings is 1. The maximum absolute atomic E-state index is 13.0. The minimum atomic E-state index is -0.388. The van der Waals surface area contributed by atoms with E-state index in [0.29, 0.717) is 17.0 Å². The Hall–Kier alpha value is -3.30. The maximum Gasteiger partial charge on any atom is 0.256 e. The number of rotatable bonds is 8. The van der Waals surface area contributed by atoms with Crippen molar-refractivity contribution < 1.29 is 9.53 Å². The van der Waals surface area contributed by atoms with E-state index < -0.39 is 0 Å². The van der Waals surface area contributed by atoms with E-state index in [1.165, 1.54) is 18.8 Å². The predicted molar refractivity (Wildman–Crippen MR) is 140 cm³/mol. The maximum atomic E-state index is 13.0. The highest BCUT2D eigenvalue weighted by Gasteiger charge is 2.23. The standard InChI is InChI=1S/C27H34N6O3/c1-28-26(35)23-18-33(21-9-2-3-10-21)25-22(24(23)34)17-29-27(31-25)30-20-8-4-6-19(16-20)7-5-11-32-12-14-36-15-13-32/h4,6,8,16-18,21H,2-3,5,7,9-15H2,1H3,(H,28,35)(H,29,30,31). The molecule has 0 atom stereocenters. The third-order valence-corrected chi connectivity index (χ3v) is 7.19. The summed E-state index contributed by atoms with van der Waals surface area (Å²) < 4.78 is 7.43. The number of hydrogen-bond donors (Lipinski definition) is 2. The third-order valence-electron chi connectivity index (χ3n) is 7.19. The molecule has 1 aromatic carbocycles. The molecule has 0 radical (unpaired) electrons. The van der Waals surface area contributed by atoms with E-state index in [1.807, 2.05) is 16.7 Å². The Labute approximate surface area is 210 Å². The highest BCUT2D eigenvalue weighted by Crippen LogP contribution is 2.31. The number of fused-ring (bicyclic) bond motifs is 1. The van der Waals surface area contributed by atoms with Crippen molar-refractivity contribution in [1.29, 1.82) is 0 Å². The van der Waals surface area contributed by atoms with Crippen LogP contribution in [0.5, 0.6) is 0 Å². The molecule has 1 saturated heterocycles. The van der Waals surface area contributed by atoms with E-state index in [1.54, 1.807) is 6.20 Å². The van der Waals surface area contributed by atoms with Gasteiger partial charge in [-0.25, -0.2) is 4.98 Å². The molecule has 5 rings (SSSR count). The van der Waals surface area contributed by atoms with Crippen molar-refractivity contribution in [1.82, 2.24) is 24.8 Å². The number of aryl methyl sites for hydroxylation is 1. The van der Waals surface area contributed by atoms with Gasteiger partial charge in [-0.15, -0.1) is 0 Å². The molecule has 36 heavy (non-hydrogen) atoms. The molecular formula is C27H34N6O3. The van der Waals surface area contributed by atoms with Crippen molar-refractivity contribution in [3.63, 3.8) is 0 Å². The lowest BCUT2D eigenvalue weighted by atomic mass is 10.1. The number of pyridine rings is 1. The summed E-state index contributed by atoms with van der Waals surface area (Å²) in [6.45, 7) is 4.75. The van der Waals surface area contributed by atoms with E-state index in [0.717, 1.165) is 77.1 Å². The summed E-state index contributed by atoms with van der Waals surface area (Å²) in [6.07, 6.45) is 9.56. The van der Waals surface area contributed by atoms with Gasteiger partial charge in [-0.2, -0.15) is 4.98 Å². The van der Waals surface area contributed by atoms with Crippen molar-refractivity contribution in [3.05, 3.63) is 58.0 Å². The molecule has 2 aliphatic rings. The van der Waals surface area contributed by atoms with Gasteiger partial charge >= 0.3 is 0 Å². The van der Waals surface area contributed by atoms with Gasteiger partial charge in [0.2, 0.25) is 11.4 Å². The van der Waals surface area contributed by atoms with Crippen LogP contribution in [-0.2, 0) is 11.2 Å². The minimum absolute atomic E-state index is 0.131. The van der Waals surface area contributed by atoms with E-state index in [2.05, 4.69) is 32.7 Å². The second kappa shape index (κ2) is 11.2. The summed E-state index contributed by atoms with van der Waals surface area (Å²) in [7, 11) is 1.53. The Morgan fingerprint density at radius 1 is 1.19 bits per heavy atom. The van der Waals surface area contributed by atoms with Crippen LogP contribution in [0, 0.1) is 0 Å². The smallest absolute Gasteiger partial charge is 0.256 e. The number of anilines is 2. The SMILES string of the molecule is CNC(=O)c1cn(C2CCCC2)c2nc(Nc3cccc(CCCN4CCOCC4)c3)ncc2c1=O. The number of carbonyl (C=O) groups is 1. The van der Waals surface area contributed by atoms with Crippen LogP contribution in [-0.4, -0.2) is 65.2 Å². The van der Waals surface area contributed by atoms with Gasteiger partial charge in [0.25, 0.3) is 5.91 Å². The van der Waals surface area contributed by atoms with Crippen LogP contribution in [0.15, 0.2) is 41.5 Å². The molecule has 2 fully saturated rings. The molecule has 1 aliphatic carbocycles. The summed E-state index contributed by atoms with van der Waals surface area (Å²) in [5.74, 6) is 0.0492. The average molecular weight is 491 g/mol. The monoisotopic (exact) mass is 490 g/mol. The van der Waals surface area contributed by atoms with Crippen LogP contribution in [0.2, 0.25) is 0 Å². The van der Waals surface area contributed by atoms with E-state index in [-0.39, 0.29) is 22.9 Å². The normalized spacial score (nSPS) is 16.9. The fourth-order valence-electron chi connectivity index (χ4n) is 5.22. The van der Waals surface area contributed by atoms with Gasteiger partial charge in [0, 0.05) is 44.3 Å². The van der Waals surface area contributed by atoms with Crippen molar-refractivity contribution in [2.24, 2.45) is 0 Å². The summed E-state index contributed by atoms with van der Waals surface area (Å²) >= 11 is 0. The lowest BCUT2D eigenvalue weighted by Crippen LogP contribution is -2.36. The molecule has 1 saturated carbocycles. The van der Waals surface area contributed by atoms with Gasteiger partial charge in [-0.3, -0.25) is 14.5 Å². The quantitative estimate of drug-likeness (QED) is 0.500. The van der Waals surface area contributed by atoms with Gasteiger partial charge in [0.1, 0.15) is 11.2 Å². The molecule has 9 nitrogen and oxygen atoms in total. The topological polar surface area (TPSA) is 101 Å². The third kappa shape index (κ3) is 5.42. The van der Waals surface area contributed by atoms with Crippen molar-refractivity contribution in [2.75, 3.05) is 45.2 Å². The van der Waals surface area contributed by atoms with Gasteiger partial charge in [0.15, 0.2) is 0 Å². The van der Waals surface area contributed by atoms with Crippen LogP contribution in [0.4, 0.5) is 11.6 Å². The Balaban J connectivity index is 1.37. The van der Waals surface area contributed by atoms with E-state index in [4.69, 9.17) is 9.72 Å². The zero-order chi connectivity index (χ0) is 24.9. The van der Waals surface area contributed by atoms with Crippen molar-refractivity contribution in [3.8, 4) is 0 Å². The van der Waals surface area contributed by atoms with E-state index >= 15 is 0 Å². The largest absolute Gasteiger partial charge is 0.379 e. The summed E-state index contributed by atoms with van der Waals surface area (Å²) in [6, 6.07) is 8.53. The molecule has 1 aliphatic heterocycles. The fourth-order valence-corrected chi connectivity index (χ4v) is 5.22. The van der Waals surface area contributed by atoms with Gasteiger partial charge in [-0.1, -0.05) is 25.0 Å². The molecule has 2 N–H and O–H groups in total. The Kier molecular flexibility index (Phi) is 7.58. The average Bonchev–Trinajstić information content (AvgIpc) is 3.44. The first-order valence-electron chi connectivity index (χ1n) is 12.9. The number of morpholine rings is 1. The molecule has 190 valence electrons. The van der Waals surface area contributed by atoms with Crippen LogP contribution in [0.25, 0.3) is 11.0 Å². The van der Waals surface area contributed by atoms with Gasteiger partial charge < -0.3 is 19.9 Å². The molecule has 3 aromatic rings. The molecule has 0 unspecified atom stereocenters. The number of carbonyl (C=O) groups excluding carboxylic acids is 1. The lowest BCUT2D eigenvalue weighted by molar-refractivity contribution is 0.0375. The Morgan fingerprint density at radius 2 is 2.00 bits per heavy atom. The van der Waals surface area contributed by atoms with Crippen LogP contribution in [0.1, 0.15) is 54.1 Å². The molecule has 3 heterocycles. The van der Waals surface area contributed by atoms with Crippen LogP contribution < -0.4 is 16.1 Å². The second-order valence-electron chi connectivity index (χ2n) is 9.61. The molecular weight excluding hydrogens is 456 g/mol. The summed E-state index contributed by atoms with van der Waals surface area (Å²) in [5, 5.41) is 6.26. The lowest BCUT2D eigenvalue weighted by Gasteiger charge is -2.26. The zero-order valence-electron chi connectivity index (χ0n) is 20.8. The van der Waals surface area contributed by atoms with Gasteiger partial charge in [0.05, 0.1) is 18.6 Å². The van der Waals surface area contributed by atoms with Crippen LogP contribution >= 0.6 is 0 Å². The molecule has 0 spiro atoms. The summed E-state index contributed by atoms with van der Waals surface area (Å²) in [5.41, 5.74) is 2.53. The first-order valence-corrected chi connectivity index (χ1v) is 12.9. The molecule has 9 heteroatoms. The highest BCUT2D eigenvalue weighted by atomic mass is 16.5. The molecule has 1 amide bonds. The van der Waals surface area contributed by atoms with Gasteiger partial charge in [-0.05, 0) is 49.9 Å². The Bertz CT molecular complexity index is 1280. The van der Waals surface area contributed by atoms with Crippen molar-refractivity contribution in [2.45, 2.75) is 44.6 Å². The van der Waals surface area contributed by atoms with E-state index in [9.17, 15) is 9.59 Å². The predicted octanol–water partition coefficient (Wildman–Crippen LogP) is 3.27.